The zero-order valence-corrected chi connectivity index (χ0v) is 13.1. The average Bonchev–Trinajstić information content (AvgIpc) is 3.22. The number of imide groups is 1. The van der Waals surface area contributed by atoms with Gasteiger partial charge in [-0.1, -0.05) is 35.4 Å². The molecule has 26 heavy (non-hydrogen) atoms. The van der Waals surface area contributed by atoms with Crippen LogP contribution in [0.3, 0.4) is 0 Å². The lowest BCUT2D eigenvalue weighted by atomic mass is 10.1. The first kappa shape index (κ1) is 15.6. The number of hydroxylamine groups is 2. The van der Waals surface area contributed by atoms with E-state index in [1.807, 2.05) is 6.07 Å². The lowest BCUT2D eigenvalue weighted by molar-refractivity contribution is -0.0588. The summed E-state index contributed by atoms with van der Waals surface area (Å²) in [4.78, 5) is 45.2. The minimum atomic E-state index is -1.02. The van der Waals surface area contributed by atoms with Crippen LogP contribution < -0.4 is 4.74 Å². The Balaban J connectivity index is 1.48. The van der Waals surface area contributed by atoms with Gasteiger partial charge in [0.05, 0.1) is 11.1 Å². The summed E-state index contributed by atoms with van der Waals surface area (Å²) in [5, 5.41) is 0.402. The summed E-state index contributed by atoms with van der Waals surface area (Å²) in [6.07, 6.45) is 0.837. The highest BCUT2D eigenvalue weighted by molar-refractivity contribution is 6.21. The van der Waals surface area contributed by atoms with Gasteiger partial charge in [0.2, 0.25) is 0 Å². The molecule has 0 fully saturated rings. The largest absolute Gasteiger partial charge is 0.416 e. The molecule has 0 saturated carbocycles. The van der Waals surface area contributed by atoms with E-state index in [1.54, 1.807) is 36.4 Å². The molecule has 0 spiro atoms. The fraction of sp³-hybridized carbons (Fsp3) is 0. The van der Waals surface area contributed by atoms with Crippen LogP contribution in [0.25, 0.3) is 0 Å². The Kier molecular flexibility index (Phi) is 3.70. The third kappa shape index (κ3) is 2.69. The van der Waals surface area contributed by atoms with Gasteiger partial charge in [0, 0.05) is 0 Å². The third-order valence-corrected chi connectivity index (χ3v) is 3.57. The van der Waals surface area contributed by atoms with Gasteiger partial charge in [-0.2, -0.15) is 4.98 Å². The molecule has 3 aromatic rings. The second kappa shape index (κ2) is 6.17. The minimum Gasteiger partial charge on any atom is -0.416 e. The Labute approximate surface area is 146 Å². The Morgan fingerprint density at radius 3 is 2.19 bits per heavy atom. The first-order valence-electron chi connectivity index (χ1n) is 7.52. The fourth-order valence-electron chi connectivity index (χ4n) is 2.37. The Bertz CT molecular complexity index is 976. The number of nitrogens with zero attached hydrogens (tertiary/aromatic N) is 2. The summed E-state index contributed by atoms with van der Waals surface area (Å²) < 4.78 is 10.4. The van der Waals surface area contributed by atoms with Gasteiger partial charge in [0.1, 0.15) is 12.0 Å². The van der Waals surface area contributed by atoms with Crippen molar-refractivity contribution >= 4 is 17.8 Å². The van der Waals surface area contributed by atoms with Gasteiger partial charge in [-0.05, 0) is 24.3 Å². The van der Waals surface area contributed by atoms with E-state index in [4.69, 9.17) is 14.0 Å². The molecule has 1 aliphatic rings. The van der Waals surface area contributed by atoms with Crippen molar-refractivity contribution in [3.05, 3.63) is 77.7 Å². The summed E-state index contributed by atoms with van der Waals surface area (Å²) in [5.74, 6) is -1.99. The maximum Gasteiger partial charge on any atom is 0.399 e. The molecule has 0 radical (unpaired) electrons. The maximum absolute atomic E-state index is 12.2. The molecule has 8 heteroatoms. The summed E-state index contributed by atoms with van der Waals surface area (Å²) in [6.45, 7) is 0. The molecule has 0 saturated heterocycles. The van der Waals surface area contributed by atoms with Crippen LogP contribution in [0, 0.1) is 0 Å². The number of hydrogen-bond donors (Lipinski definition) is 0. The topological polar surface area (TPSA) is 98.9 Å². The monoisotopic (exact) mass is 350 g/mol. The van der Waals surface area contributed by atoms with Crippen molar-refractivity contribution in [3.8, 4) is 11.8 Å². The molecule has 0 bridgehead atoms. The van der Waals surface area contributed by atoms with Gasteiger partial charge in [0.15, 0.2) is 5.69 Å². The summed E-state index contributed by atoms with van der Waals surface area (Å²) >= 11 is 0. The van der Waals surface area contributed by atoms with Gasteiger partial charge in [-0.25, -0.2) is 4.79 Å². The van der Waals surface area contributed by atoms with Crippen LogP contribution in [0.15, 0.2) is 65.3 Å². The molecule has 0 unspecified atom stereocenters. The Hall–Kier alpha value is -3.94. The number of benzene rings is 2. The molecule has 1 aliphatic heterocycles. The van der Waals surface area contributed by atoms with Gasteiger partial charge < -0.3 is 14.0 Å². The summed E-state index contributed by atoms with van der Waals surface area (Å²) in [7, 11) is 0. The summed E-state index contributed by atoms with van der Waals surface area (Å²) in [5.41, 5.74) is 0.0876. The van der Waals surface area contributed by atoms with E-state index in [9.17, 15) is 14.4 Å². The standard InChI is InChI=1S/C18H10N2O6/c21-15-12-8-4-5-9-13(12)16(22)20(15)26-17(23)14-10-24-18(19-14)25-11-6-2-1-3-7-11/h1-10H. The fourth-order valence-corrected chi connectivity index (χ4v) is 2.37. The highest BCUT2D eigenvalue weighted by Crippen LogP contribution is 2.24. The molecule has 8 nitrogen and oxygen atoms in total. The predicted molar refractivity (Wildman–Crippen MR) is 85.4 cm³/mol. The number of aromatic nitrogens is 1. The highest BCUT2D eigenvalue weighted by atomic mass is 16.7. The second-order valence-electron chi connectivity index (χ2n) is 5.24. The number of para-hydroxylation sites is 1. The van der Waals surface area contributed by atoms with Gasteiger partial charge in [0.25, 0.3) is 11.8 Å². The van der Waals surface area contributed by atoms with E-state index in [0.29, 0.717) is 10.8 Å². The number of rotatable bonds is 4. The Morgan fingerprint density at radius 1 is 0.923 bits per heavy atom. The van der Waals surface area contributed by atoms with E-state index in [2.05, 4.69) is 4.98 Å². The average molecular weight is 350 g/mol. The molecular formula is C18H10N2O6. The van der Waals surface area contributed by atoms with Crippen LogP contribution in [-0.4, -0.2) is 27.8 Å². The molecule has 0 atom stereocenters. The van der Waals surface area contributed by atoms with E-state index in [0.717, 1.165) is 6.26 Å². The van der Waals surface area contributed by atoms with Crippen molar-refractivity contribution in [3.63, 3.8) is 0 Å². The van der Waals surface area contributed by atoms with Crippen LogP contribution in [0.4, 0.5) is 0 Å². The molecule has 2 heterocycles. The number of carbonyl (C=O) groups is 3. The van der Waals surface area contributed by atoms with E-state index in [1.165, 1.54) is 12.1 Å². The lowest BCUT2D eigenvalue weighted by Crippen LogP contribution is -2.32. The predicted octanol–water partition coefficient (Wildman–Crippen LogP) is 2.83. The van der Waals surface area contributed by atoms with Crippen molar-refractivity contribution < 1.29 is 28.4 Å². The smallest absolute Gasteiger partial charge is 0.399 e. The third-order valence-electron chi connectivity index (χ3n) is 3.57. The van der Waals surface area contributed by atoms with Crippen molar-refractivity contribution in [1.29, 1.82) is 0 Å². The van der Waals surface area contributed by atoms with Crippen LogP contribution in [-0.2, 0) is 4.84 Å². The molecule has 2 aromatic carbocycles. The van der Waals surface area contributed by atoms with E-state index < -0.39 is 17.8 Å². The number of fused-ring (bicyclic) bond motifs is 1. The van der Waals surface area contributed by atoms with Crippen LogP contribution in [0.1, 0.15) is 31.2 Å². The molecule has 2 amide bonds. The summed E-state index contributed by atoms with van der Waals surface area (Å²) in [6, 6.07) is 14.9. The molecular weight excluding hydrogens is 340 g/mol. The first-order valence-corrected chi connectivity index (χ1v) is 7.52. The molecule has 0 N–H and O–H groups in total. The number of oxazole rings is 1. The minimum absolute atomic E-state index is 0.165. The molecule has 0 aliphatic carbocycles. The second-order valence-corrected chi connectivity index (χ2v) is 5.24. The van der Waals surface area contributed by atoms with Crippen molar-refractivity contribution in [2.24, 2.45) is 0 Å². The van der Waals surface area contributed by atoms with Gasteiger partial charge in [-0.15, -0.1) is 0 Å². The number of ether oxygens (including phenoxy) is 1. The van der Waals surface area contributed by atoms with Gasteiger partial charge in [-0.3, -0.25) is 9.59 Å². The molecule has 128 valence electrons. The zero-order valence-electron chi connectivity index (χ0n) is 13.1. The van der Waals surface area contributed by atoms with Crippen LogP contribution in [0.5, 0.6) is 11.8 Å². The van der Waals surface area contributed by atoms with Crippen molar-refractivity contribution in [2.45, 2.75) is 0 Å². The number of hydrogen-bond acceptors (Lipinski definition) is 7. The first-order chi connectivity index (χ1) is 12.6. The molecule has 4 rings (SSSR count). The van der Waals surface area contributed by atoms with E-state index in [-0.39, 0.29) is 22.9 Å². The number of carbonyl (C=O) groups excluding carboxylic acids is 3. The van der Waals surface area contributed by atoms with Gasteiger partial charge >= 0.3 is 12.0 Å². The lowest BCUT2D eigenvalue weighted by Gasteiger charge is -2.11. The molecule has 1 aromatic heterocycles. The van der Waals surface area contributed by atoms with Crippen LogP contribution in [0.2, 0.25) is 0 Å². The van der Waals surface area contributed by atoms with Crippen molar-refractivity contribution in [1.82, 2.24) is 10.0 Å². The van der Waals surface area contributed by atoms with E-state index >= 15 is 0 Å². The number of amides is 2. The SMILES string of the molecule is O=C(ON1C(=O)c2ccccc2C1=O)c1coc(Oc2ccccc2)n1. The van der Waals surface area contributed by atoms with Crippen molar-refractivity contribution in [2.75, 3.05) is 0 Å². The quantitative estimate of drug-likeness (QED) is 0.667. The highest BCUT2D eigenvalue weighted by Gasteiger charge is 2.39. The van der Waals surface area contributed by atoms with Crippen LogP contribution >= 0.6 is 0 Å². The normalized spacial score (nSPS) is 12.8. The maximum atomic E-state index is 12.2. The zero-order chi connectivity index (χ0) is 18.1. The Morgan fingerprint density at radius 2 is 1.54 bits per heavy atom.